The number of ether oxygens (including phenoxy) is 1. The van der Waals surface area contributed by atoms with E-state index in [9.17, 15) is 13.2 Å². The zero-order chi connectivity index (χ0) is 8.72. The summed E-state index contributed by atoms with van der Waals surface area (Å²) in [6.45, 7) is 0.305. The van der Waals surface area contributed by atoms with Crippen molar-refractivity contribution in [3.8, 4) is 0 Å². The van der Waals surface area contributed by atoms with E-state index in [1.54, 1.807) is 0 Å². The summed E-state index contributed by atoms with van der Waals surface area (Å²) >= 11 is 0. The van der Waals surface area contributed by atoms with Crippen LogP contribution in [0.25, 0.3) is 0 Å². The minimum absolute atomic E-state index is 0.170. The summed E-state index contributed by atoms with van der Waals surface area (Å²) in [6.07, 6.45) is -0.523. The molecule has 0 spiro atoms. The van der Waals surface area contributed by atoms with Gasteiger partial charge in [-0.3, -0.25) is 0 Å². The van der Waals surface area contributed by atoms with Crippen LogP contribution in [0, 0.1) is 17.5 Å². The number of halogens is 3. The summed E-state index contributed by atoms with van der Waals surface area (Å²) in [5, 5.41) is 0. The molecule has 2 rings (SSSR count). The fourth-order valence-corrected chi connectivity index (χ4v) is 1.08. The molecule has 1 nitrogen and oxygen atoms in total. The molecule has 0 saturated carbocycles. The van der Waals surface area contributed by atoms with Crippen LogP contribution >= 0.6 is 0 Å². The number of rotatable bonds is 1. The van der Waals surface area contributed by atoms with Gasteiger partial charge in [-0.2, -0.15) is 0 Å². The molecule has 0 aromatic heterocycles. The molecule has 64 valence electrons. The first-order valence-electron chi connectivity index (χ1n) is 3.44. The maximum atomic E-state index is 12.8. The van der Waals surface area contributed by atoms with Crippen molar-refractivity contribution in [2.75, 3.05) is 6.61 Å². The highest BCUT2D eigenvalue weighted by Gasteiger charge is 2.31. The van der Waals surface area contributed by atoms with Crippen molar-refractivity contribution in [1.29, 1.82) is 0 Å². The molecule has 1 saturated heterocycles. The van der Waals surface area contributed by atoms with Crippen LogP contribution in [0.1, 0.15) is 11.7 Å². The molecular weight excluding hydrogens is 169 g/mol. The smallest absolute Gasteiger partial charge is 0.134 e. The number of hydrogen-bond donors (Lipinski definition) is 0. The summed E-state index contributed by atoms with van der Waals surface area (Å²) in [5.41, 5.74) is -0.170. The lowest BCUT2D eigenvalue weighted by Gasteiger charge is -2.00. The highest BCUT2D eigenvalue weighted by atomic mass is 19.1. The van der Waals surface area contributed by atoms with E-state index in [2.05, 4.69) is 0 Å². The zero-order valence-corrected chi connectivity index (χ0v) is 5.98. The molecule has 1 aliphatic rings. The van der Waals surface area contributed by atoms with Crippen LogP contribution < -0.4 is 0 Å². The summed E-state index contributed by atoms with van der Waals surface area (Å²) < 4.78 is 42.7. The van der Waals surface area contributed by atoms with Crippen LogP contribution in [0.3, 0.4) is 0 Å². The molecule has 0 aliphatic carbocycles. The fourth-order valence-electron chi connectivity index (χ4n) is 1.08. The monoisotopic (exact) mass is 174 g/mol. The number of epoxide rings is 1. The van der Waals surface area contributed by atoms with Gasteiger partial charge in [0.2, 0.25) is 0 Å². The average Bonchev–Trinajstić information content (AvgIpc) is 2.68. The molecule has 1 fully saturated rings. The Balaban J connectivity index is 2.51. The first-order chi connectivity index (χ1) is 5.68. The van der Waals surface area contributed by atoms with Crippen molar-refractivity contribution in [1.82, 2.24) is 0 Å². The minimum Gasteiger partial charge on any atom is -0.368 e. The van der Waals surface area contributed by atoms with E-state index in [0.717, 1.165) is 0 Å². The summed E-state index contributed by atoms with van der Waals surface area (Å²) in [4.78, 5) is 0. The average molecular weight is 174 g/mol. The van der Waals surface area contributed by atoms with Crippen molar-refractivity contribution >= 4 is 0 Å². The van der Waals surface area contributed by atoms with Gasteiger partial charge < -0.3 is 4.74 Å². The van der Waals surface area contributed by atoms with Crippen LogP contribution in [-0.4, -0.2) is 6.61 Å². The second-order valence-electron chi connectivity index (χ2n) is 2.61. The summed E-state index contributed by atoms with van der Waals surface area (Å²) in [5.74, 6) is -2.67. The Morgan fingerprint density at radius 1 is 1.17 bits per heavy atom. The Hall–Kier alpha value is -1.03. The standard InChI is InChI=1S/C8H5F3O/c9-4-1-5(10)8(6(11)2-4)7-3-12-7/h1-2,7H,3H2. The molecule has 0 amide bonds. The molecule has 1 unspecified atom stereocenters. The molecular formula is C8H5F3O. The Morgan fingerprint density at radius 2 is 1.67 bits per heavy atom. The molecule has 4 heteroatoms. The van der Waals surface area contributed by atoms with Gasteiger partial charge in [-0.25, -0.2) is 13.2 Å². The molecule has 1 aromatic carbocycles. The van der Waals surface area contributed by atoms with E-state index in [-0.39, 0.29) is 5.56 Å². The van der Waals surface area contributed by atoms with Crippen molar-refractivity contribution in [3.05, 3.63) is 35.1 Å². The van der Waals surface area contributed by atoms with Crippen LogP contribution in [0.2, 0.25) is 0 Å². The number of benzene rings is 1. The maximum absolute atomic E-state index is 12.8. The lowest BCUT2D eigenvalue weighted by atomic mass is 10.1. The van der Waals surface area contributed by atoms with E-state index in [1.165, 1.54) is 0 Å². The normalized spacial score (nSPS) is 21.1. The van der Waals surface area contributed by atoms with E-state index in [4.69, 9.17) is 4.74 Å². The third-order valence-corrected chi connectivity index (χ3v) is 1.70. The van der Waals surface area contributed by atoms with Crippen LogP contribution in [0.4, 0.5) is 13.2 Å². The third kappa shape index (κ3) is 1.18. The van der Waals surface area contributed by atoms with Crippen molar-refractivity contribution < 1.29 is 17.9 Å². The van der Waals surface area contributed by atoms with Gasteiger partial charge in [-0.05, 0) is 0 Å². The van der Waals surface area contributed by atoms with Crippen molar-refractivity contribution in [3.63, 3.8) is 0 Å². The topological polar surface area (TPSA) is 12.5 Å². The van der Waals surface area contributed by atoms with Gasteiger partial charge in [0.1, 0.15) is 23.6 Å². The lowest BCUT2D eigenvalue weighted by molar-refractivity contribution is 0.396. The van der Waals surface area contributed by atoms with Gasteiger partial charge in [0.05, 0.1) is 12.2 Å². The van der Waals surface area contributed by atoms with Crippen molar-refractivity contribution in [2.45, 2.75) is 6.10 Å². The lowest BCUT2D eigenvalue weighted by Crippen LogP contribution is -1.95. The second kappa shape index (κ2) is 2.48. The Morgan fingerprint density at radius 3 is 2.08 bits per heavy atom. The first-order valence-corrected chi connectivity index (χ1v) is 3.44. The first kappa shape index (κ1) is 7.61. The van der Waals surface area contributed by atoms with Gasteiger partial charge in [-0.1, -0.05) is 0 Å². The highest BCUT2D eigenvalue weighted by Crippen LogP contribution is 2.33. The number of hydrogen-bond acceptors (Lipinski definition) is 1. The largest absolute Gasteiger partial charge is 0.368 e. The minimum atomic E-state index is -0.908. The van der Waals surface area contributed by atoms with E-state index < -0.39 is 23.6 Å². The third-order valence-electron chi connectivity index (χ3n) is 1.70. The zero-order valence-electron chi connectivity index (χ0n) is 5.98. The highest BCUT2D eigenvalue weighted by molar-refractivity contribution is 5.25. The predicted octanol–water partition coefficient (Wildman–Crippen LogP) is 2.18. The van der Waals surface area contributed by atoms with Crippen molar-refractivity contribution in [2.24, 2.45) is 0 Å². The molecule has 12 heavy (non-hydrogen) atoms. The van der Waals surface area contributed by atoms with Gasteiger partial charge in [-0.15, -0.1) is 0 Å². The van der Waals surface area contributed by atoms with Crippen LogP contribution in [0.15, 0.2) is 12.1 Å². The molecule has 0 radical (unpaired) electrons. The Kier molecular flexibility index (Phi) is 1.58. The van der Waals surface area contributed by atoms with E-state index in [0.29, 0.717) is 18.7 Å². The molecule has 0 bridgehead atoms. The summed E-state index contributed by atoms with van der Waals surface area (Å²) in [6, 6.07) is 1.31. The maximum Gasteiger partial charge on any atom is 0.134 e. The Bertz CT molecular complexity index is 297. The summed E-state index contributed by atoms with van der Waals surface area (Å²) in [7, 11) is 0. The SMILES string of the molecule is Fc1cc(F)c(C2CO2)c(F)c1. The van der Waals surface area contributed by atoms with E-state index in [1.807, 2.05) is 0 Å². The quantitative estimate of drug-likeness (QED) is 0.594. The van der Waals surface area contributed by atoms with Crippen LogP contribution in [0.5, 0.6) is 0 Å². The molecule has 1 aromatic rings. The molecule has 0 N–H and O–H groups in total. The van der Waals surface area contributed by atoms with Gasteiger partial charge >= 0.3 is 0 Å². The fraction of sp³-hybridized carbons (Fsp3) is 0.250. The molecule has 1 atom stereocenters. The van der Waals surface area contributed by atoms with Gasteiger partial charge in [0, 0.05) is 12.1 Å². The van der Waals surface area contributed by atoms with Gasteiger partial charge in [0.15, 0.2) is 0 Å². The second-order valence-corrected chi connectivity index (χ2v) is 2.61. The Labute approximate surface area is 66.8 Å². The van der Waals surface area contributed by atoms with Gasteiger partial charge in [0.25, 0.3) is 0 Å². The van der Waals surface area contributed by atoms with Crippen LogP contribution in [-0.2, 0) is 4.74 Å². The molecule has 1 aliphatic heterocycles. The molecule has 1 heterocycles. The van der Waals surface area contributed by atoms with E-state index >= 15 is 0 Å². The predicted molar refractivity (Wildman–Crippen MR) is 35.0 cm³/mol.